The lowest BCUT2D eigenvalue weighted by Crippen LogP contribution is -2.47. The Morgan fingerprint density at radius 2 is 1.89 bits per heavy atom. The number of amides is 1. The summed E-state index contributed by atoms with van der Waals surface area (Å²) in [5.74, 6) is -1.78. The molecule has 4 nitrogen and oxygen atoms in total. The number of ether oxygens (including phenoxy) is 2. The van der Waals surface area contributed by atoms with Crippen LogP contribution in [0.2, 0.25) is 0 Å². The third-order valence-corrected chi connectivity index (χ3v) is 5.30. The maximum Gasteiger partial charge on any atom is 0.226 e. The zero-order valence-electron chi connectivity index (χ0n) is 16.0. The second-order valence-electron chi connectivity index (χ2n) is 7.10. The molecule has 0 saturated carbocycles. The molecule has 2 aromatic carbocycles. The van der Waals surface area contributed by atoms with Gasteiger partial charge in [0.05, 0.1) is 12.0 Å². The van der Waals surface area contributed by atoms with Gasteiger partial charge < -0.3 is 14.8 Å². The van der Waals surface area contributed by atoms with E-state index in [-0.39, 0.29) is 5.91 Å². The van der Waals surface area contributed by atoms with Crippen LogP contribution >= 0.6 is 0 Å². The molecular formula is C22H25F2NO3. The summed E-state index contributed by atoms with van der Waals surface area (Å²) in [5, 5.41) is 2.96. The van der Waals surface area contributed by atoms with E-state index in [9.17, 15) is 13.6 Å². The maximum absolute atomic E-state index is 13.8. The highest BCUT2D eigenvalue weighted by Crippen LogP contribution is 2.37. The molecule has 0 unspecified atom stereocenters. The van der Waals surface area contributed by atoms with Crippen LogP contribution in [0.3, 0.4) is 0 Å². The Kier molecular flexibility index (Phi) is 6.75. The first kappa shape index (κ1) is 20.4. The maximum atomic E-state index is 13.8. The van der Waals surface area contributed by atoms with Crippen LogP contribution in [0.25, 0.3) is 11.1 Å². The summed E-state index contributed by atoms with van der Waals surface area (Å²) in [4.78, 5) is 13.0. The lowest BCUT2D eigenvalue weighted by Gasteiger charge is -2.36. The van der Waals surface area contributed by atoms with E-state index in [0.717, 1.165) is 17.2 Å². The van der Waals surface area contributed by atoms with Crippen LogP contribution in [0.5, 0.6) is 0 Å². The minimum atomic E-state index is -0.884. The second-order valence-corrected chi connectivity index (χ2v) is 7.10. The average molecular weight is 389 g/mol. The smallest absolute Gasteiger partial charge is 0.226 e. The molecule has 0 aliphatic carbocycles. The van der Waals surface area contributed by atoms with Crippen molar-refractivity contribution in [2.75, 3.05) is 33.5 Å². The molecule has 0 radical (unpaired) electrons. The lowest BCUT2D eigenvalue weighted by molar-refractivity contribution is -0.136. The highest BCUT2D eigenvalue weighted by molar-refractivity contribution is 5.83. The normalized spacial score (nSPS) is 16.0. The van der Waals surface area contributed by atoms with Crippen LogP contribution in [0.1, 0.15) is 18.4 Å². The molecule has 3 rings (SSSR count). The fourth-order valence-electron chi connectivity index (χ4n) is 3.68. The molecule has 1 saturated heterocycles. The summed E-state index contributed by atoms with van der Waals surface area (Å²) in [6.07, 6.45) is 1.72. The fourth-order valence-corrected chi connectivity index (χ4v) is 3.68. The standard InChI is InChI=1S/C22H25F2NO3/c1-27-13-10-25-21(26)22(8-11-28-12-9-22)15-17-4-2-3-5-18(17)16-6-7-19(23)20(24)14-16/h2-7,14H,8-13,15H2,1H3,(H,25,26). The van der Waals surface area contributed by atoms with Crippen LogP contribution in [-0.4, -0.2) is 39.4 Å². The first-order valence-electron chi connectivity index (χ1n) is 9.44. The molecule has 0 aromatic heterocycles. The van der Waals surface area contributed by atoms with Gasteiger partial charge in [0.25, 0.3) is 0 Å². The largest absolute Gasteiger partial charge is 0.383 e. The minimum Gasteiger partial charge on any atom is -0.383 e. The van der Waals surface area contributed by atoms with Gasteiger partial charge in [0, 0.05) is 26.9 Å². The van der Waals surface area contributed by atoms with Gasteiger partial charge in [-0.1, -0.05) is 30.3 Å². The van der Waals surface area contributed by atoms with Crippen LogP contribution in [0.15, 0.2) is 42.5 Å². The number of carbonyl (C=O) groups excluding carboxylic acids is 1. The van der Waals surface area contributed by atoms with Crippen molar-refractivity contribution in [3.63, 3.8) is 0 Å². The van der Waals surface area contributed by atoms with Crippen LogP contribution < -0.4 is 5.32 Å². The van der Waals surface area contributed by atoms with Gasteiger partial charge in [-0.2, -0.15) is 0 Å². The number of rotatable bonds is 7. The highest BCUT2D eigenvalue weighted by atomic mass is 19.2. The van der Waals surface area contributed by atoms with Crippen molar-refractivity contribution in [3.05, 3.63) is 59.7 Å². The Balaban J connectivity index is 1.91. The number of hydrogen-bond donors (Lipinski definition) is 1. The molecule has 1 N–H and O–H groups in total. The predicted octanol–water partition coefficient (Wildman–Crippen LogP) is 3.73. The third-order valence-electron chi connectivity index (χ3n) is 5.30. The number of hydrogen-bond acceptors (Lipinski definition) is 3. The van der Waals surface area contributed by atoms with Gasteiger partial charge in [-0.15, -0.1) is 0 Å². The number of carbonyl (C=O) groups is 1. The van der Waals surface area contributed by atoms with E-state index < -0.39 is 17.0 Å². The van der Waals surface area contributed by atoms with E-state index in [4.69, 9.17) is 9.47 Å². The van der Waals surface area contributed by atoms with Crippen molar-refractivity contribution >= 4 is 5.91 Å². The molecule has 0 spiro atoms. The number of halogens is 2. The molecule has 1 amide bonds. The molecule has 150 valence electrons. The fraction of sp³-hybridized carbons (Fsp3) is 0.409. The van der Waals surface area contributed by atoms with Gasteiger partial charge in [-0.25, -0.2) is 8.78 Å². The molecule has 1 aliphatic heterocycles. The summed E-state index contributed by atoms with van der Waals surface area (Å²) in [7, 11) is 1.59. The minimum absolute atomic E-state index is 0.0204. The molecule has 28 heavy (non-hydrogen) atoms. The Morgan fingerprint density at radius 3 is 2.61 bits per heavy atom. The first-order chi connectivity index (χ1) is 13.6. The molecule has 0 bridgehead atoms. The summed E-state index contributed by atoms with van der Waals surface area (Å²) >= 11 is 0. The Hall–Kier alpha value is -2.31. The first-order valence-corrected chi connectivity index (χ1v) is 9.44. The second kappa shape index (κ2) is 9.26. The molecule has 1 heterocycles. The SMILES string of the molecule is COCCNC(=O)C1(Cc2ccccc2-c2ccc(F)c(F)c2)CCOCC1. The molecule has 1 fully saturated rings. The van der Waals surface area contributed by atoms with E-state index in [2.05, 4.69) is 5.32 Å². The van der Waals surface area contributed by atoms with Gasteiger partial charge in [0.2, 0.25) is 5.91 Å². The van der Waals surface area contributed by atoms with Crippen molar-refractivity contribution in [2.24, 2.45) is 5.41 Å². The van der Waals surface area contributed by atoms with Crippen molar-refractivity contribution in [3.8, 4) is 11.1 Å². The summed E-state index contributed by atoms with van der Waals surface area (Å²) in [6.45, 7) is 1.93. The quantitative estimate of drug-likeness (QED) is 0.734. The van der Waals surface area contributed by atoms with E-state index in [1.165, 1.54) is 6.07 Å². The van der Waals surface area contributed by atoms with Crippen molar-refractivity contribution in [2.45, 2.75) is 19.3 Å². The Bertz CT molecular complexity index is 819. The highest BCUT2D eigenvalue weighted by Gasteiger charge is 2.40. The summed E-state index contributed by atoms with van der Waals surface area (Å²) in [5.41, 5.74) is 1.73. The molecule has 0 atom stereocenters. The third kappa shape index (κ3) is 4.56. The molecule has 6 heteroatoms. The molecule has 2 aromatic rings. The van der Waals surface area contributed by atoms with E-state index in [1.807, 2.05) is 24.3 Å². The van der Waals surface area contributed by atoms with E-state index >= 15 is 0 Å². The van der Waals surface area contributed by atoms with Gasteiger partial charge in [-0.05, 0) is 48.1 Å². The lowest BCUT2D eigenvalue weighted by atomic mass is 9.73. The van der Waals surface area contributed by atoms with E-state index in [1.54, 1.807) is 13.2 Å². The number of methoxy groups -OCH3 is 1. The summed E-state index contributed by atoms with van der Waals surface area (Å²) in [6, 6.07) is 11.5. The van der Waals surface area contributed by atoms with Gasteiger partial charge in [-0.3, -0.25) is 4.79 Å². The average Bonchev–Trinajstić information content (AvgIpc) is 2.71. The van der Waals surface area contributed by atoms with Crippen LogP contribution in [0, 0.1) is 17.0 Å². The van der Waals surface area contributed by atoms with Crippen molar-refractivity contribution < 1.29 is 23.0 Å². The zero-order valence-corrected chi connectivity index (χ0v) is 16.0. The molecular weight excluding hydrogens is 364 g/mol. The number of nitrogens with one attached hydrogen (secondary N) is 1. The monoisotopic (exact) mass is 389 g/mol. The summed E-state index contributed by atoms with van der Waals surface area (Å²) < 4.78 is 37.6. The Labute approximate surface area is 163 Å². The molecule has 1 aliphatic rings. The van der Waals surface area contributed by atoms with E-state index in [0.29, 0.717) is 51.2 Å². The van der Waals surface area contributed by atoms with Crippen molar-refractivity contribution in [1.82, 2.24) is 5.32 Å². The topological polar surface area (TPSA) is 47.6 Å². The van der Waals surface area contributed by atoms with Crippen molar-refractivity contribution in [1.29, 1.82) is 0 Å². The van der Waals surface area contributed by atoms with Crippen LogP contribution in [0.4, 0.5) is 8.78 Å². The zero-order chi connectivity index (χ0) is 20.0. The van der Waals surface area contributed by atoms with Gasteiger partial charge in [0.1, 0.15) is 0 Å². The van der Waals surface area contributed by atoms with Crippen LogP contribution in [-0.2, 0) is 20.7 Å². The van der Waals surface area contributed by atoms with Gasteiger partial charge in [0.15, 0.2) is 11.6 Å². The predicted molar refractivity (Wildman–Crippen MR) is 103 cm³/mol. The Morgan fingerprint density at radius 1 is 1.14 bits per heavy atom. The number of benzene rings is 2. The van der Waals surface area contributed by atoms with Gasteiger partial charge >= 0.3 is 0 Å².